The molecule has 0 atom stereocenters. The minimum atomic E-state index is -0.502. The molecule has 0 saturated heterocycles. The number of aryl methyl sites for hydroxylation is 1. The van der Waals surface area contributed by atoms with Crippen molar-refractivity contribution in [2.75, 3.05) is 4.90 Å². The summed E-state index contributed by atoms with van der Waals surface area (Å²) in [4.78, 5) is 2.69. The second kappa shape index (κ2) is 15.5. The second-order valence-corrected chi connectivity index (χ2v) is 20.3. The molecule has 5 aliphatic carbocycles. The molecule has 5 aliphatic rings. The summed E-state index contributed by atoms with van der Waals surface area (Å²) in [6.45, 7) is 4.90. The first kappa shape index (κ1) is 39.6. The topological polar surface area (TPSA) is 3.24 Å². The number of allylic oxidation sites excluding steroid dienone is 2. The lowest BCUT2D eigenvalue weighted by Gasteiger charge is -2.36. The van der Waals surface area contributed by atoms with Gasteiger partial charge < -0.3 is 4.90 Å². The molecule has 8 aromatic rings. The molecule has 0 spiro atoms. The van der Waals surface area contributed by atoms with Gasteiger partial charge in [-0.25, -0.2) is 0 Å². The van der Waals surface area contributed by atoms with Crippen LogP contribution in [0.1, 0.15) is 119 Å². The predicted octanol–water partition coefficient (Wildman–Crippen LogP) is 16.7. The Bertz CT molecular complexity index is 3190. The average Bonchev–Trinajstić information content (AvgIpc) is 4.08. The van der Waals surface area contributed by atoms with E-state index in [-0.39, 0.29) is 5.41 Å². The Morgan fingerprint density at radius 2 is 1.09 bits per heavy atom. The third-order valence-corrected chi connectivity index (χ3v) is 16.6. The van der Waals surface area contributed by atoms with E-state index in [1.807, 2.05) is 0 Å². The van der Waals surface area contributed by atoms with E-state index in [2.05, 4.69) is 201 Å². The minimum Gasteiger partial charge on any atom is -0.310 e. The Morgan fingerprint density at radius 1 is 0.439 bits per heavy atom. The van der Waals surface area contributed by atoms with Crippen LogP contribution < -0.4 is 4.90 Å². The molecule has 0 bridgehead atoms. The zero-order valence-corrected chi connectivity index (χ0v) is 38.4. The van der Waals surface area contributed by atoms with E-state index in [0.717, 1.165) is 12.8 Å². The summed E-state index contributed by atoms with van der Waals surface area (Å²) in [6, 6.07) is 66.0. The lowest BCUT2D eigenvalue weighted by Crippen LogP contribution is -2.28. The van der Waals surface area contributed by atoms with Crippen LogP contribution in [-0.4, -0.2) is 0 Å². The maximum atomic E-state index is 2.69. The SMILES string of the molecule is CC1(C)c2ccc(C3CCCC3)cc2-c2c(N(c3ccc4c(c3)C(c3ccccc3)(c3ccccc3)c3ccccc3-4)c3ccc(-c4cccc5c4CCCC5)c4c3CC=CC4)cccc21. The van der Waals surface area contributed by atoms with Gasteiger partial charge in [0.05, 0.1) is 11.1 Å². The van der Waals surface area contributed by atoms with Crippen molar-refractivity contribution in [2.24, 2.45) is 0 Å². The van der Waals surface area contributed by atoms with Crippen LogP contribution in [0.5, 0.6) is 0 Å². The quantitative estimate of drug-likeness (QED) is 0.144. The molecule has 0 aliphatic heterocycles. The number of rotatable bonds is 7. The van der Waals surface area contributed by atoms with Gasteiger partial charge in [-0.3, -0.25) is 0 Å². The Morgan fingerprint density at radius 3 is 1.89 bits per heavy atom. The number of anilines is 3. The average molecular weight is 852 g/mol. The van der Waals surface area contributed by atoms with Gasteiger partial charge in [-0.1, -0.05) is 184 Å². The standard InChI is InChI=1S/C65H57N/c1-64(2)57-39-35-45(43-19-9-10-20-43)41-56(57)63-59(64)33-18-34-62(63)66(61-40-38-52(51-28-13-14-30-55(51)61)50-31-17-22-44-21-11-12-27-49(44)50)48-36-37-54-53-29-15-16-32-58(53)65(60(54)42-48,46-23-5-3-6-24-46)47-25-7-4-8-26-47/h3-8,13-18,22-26,29,31-43H,9-12,19-21,27-28,30H2,1-2H3. The van der Waals surface area contributed by atoms with E-state index < -0.39 is 5.41 Å². The fraction of sp³-hybridized carbons (Fsp3) is 0.231. The zero-order chi connectivity index (χ0) is 44.0. The monoisotopic (exact) mass is 851 g/mol. The Balaban J connectivity index is 1.10. The summed E-state index contributed by atoms with van der Waals surface area (Å²) < 4.78 is 0. The smallest absolute Gasteiger partial charge is 0.0714 e. The molecule has 0 amide bonds. The highest BCUT2D eigenvalue weighted by Gasteiger charge is 2.47. The van der Waals surface area contributed by atoms with Crippen LogP contribution in [0.15, 0.2) is 182 Å². The number of nitrogens with zero attached hydrogens (tertiary/aromatic N) is 1. The highest BCUT2D eigenvalue weighted by atomic mass is 15.1. The summed E-state index contributed by atoms with van der Waals surface area (Å²) >= 11 is 0. The third-order valence-electron chi connectivity index (χ3n) is 16.6. The molecular formula is C65H57N. The van der Waals surface area contributed by atoms with Crippen molar-refractivity contribution in [2.45, 2.75) is 94.8 Å². The second-order valence-electron chi connectivity index (χ2n) is 20.3. The molecule has 66 heavy (non-hydrogen) atoms. The number of benzene rings is 8. The van der Waals surface area contributed by atoms with Crippen molar-refractivity contribution < 1.29 is 0 Å². The first-order chi connectivity index (χ1) is 32.5. The van der Waals surface area contributed by atoms with Gasteiger partial charge in [-0.2, -0.15) is 0 Å². The highest BCUT2D eigenvalue weighted by Crippen LogP contribution is 2.60. The highest BCUT2D eigenvalue weighted by molar-refractivity contribution is 5.98. The van der Waals surface area contributed by atoms with Crippen molar-refractivity contribution >= 4 is 17.1 Å². The van der Waals surface area contributed by atoms with Gasteiger partial charge in [0, 0.05) is 22.4 Å². The normalized spacial score (nSPS) is 17.1. The Kier molecular flexibility index (Phi) is 9.28. The molecule has 1 heteroatoms. The molecule has 0 unspecified atom stereocenters. The largest absolute Gasteiger partial charge is 0.310 e. The van der Waals surface area contributed by atoms with Crippen LogP contribution in [-0.2, 0) is 36.5 Å². The number of hydrogen-bond donors (Lipinski definition) is 0. The first-order valence-corrected chi connectivity index (χ1v) is 24.9. The summed E-state index contributed by atoms with van der Waals surface area (Å²) in [7, 11) is 0. The maximum Gasteiger partial charge on any atom is 0.0714 e. The molecule has 322 valence electrons. The van der Waals surface area contributed by atoms with E-state index >= 15 is 0 Å². The minimum absolute atomic E-state index is 0.131. The lowest BCUT2D eigenvalue weighted by molar-refractivity contribution is 0.658. The fourth-order valence-corrected chi connectivity index (χ4v) is 13.5. The molecular weight excluding hydrogens is 795 g/mol. The number of hydrogen-bond acceptors (Lipinski definition) is 1. The van der Waals surface area contributed by atoms with Crippen LogP contribution in [0.3, 0.4) is 0 Å². The van der Waals surface area contributed by atoms with E-state index in [1.54, 1.807) is 11.1 Å². The molecule has 1 nitrogen and oxygen atoms in total. The van der Waals surface area contributed by atoms with Crippen molar-refractivity contribution in [1.82, 2.24) is 0 Å². The van der Waals surface area contributed by atoms with Gasteiger partial charge in [0.2, 0.25) is 0 Å². The third kappa shape index (κ3) is 5.84. The van der Waals surface area contributed by atoms with Crippen molar-refractivity contribution in [3.05, 3.63) is 243 Å². The van der Waals surface area contributed by atoms with E-state index in [1.165, 1.54) is 152 Å². The van der Waals surface area contributed by atoms with Crippen LogP contribution in [0, 0.1) is 0 Å². The van der Waals surface area contributed by atoms with E-state index in [4.69, 9.17) is 0 Å². The van der Waals surface area contributed by atoms with Gasteiger partial charge >= 0.3 is 0 Å². The lowest BCUT2D eigenvalue weighted by atomic mass is 9.67. The molecule has 0 aromatic heterocycles. The molecule has 0 radical (unpaired) electrons. The fourth-order valence-electron chi connectivity index (χ4n) is 13.5. The molecule has 8 aromatic carbocycles. The van der Waals surface area contributed by atoms with Crippen LogP contribution in [0.25, 0.3) is 33.4 Å². The van der Waals surface area contributed by atoms with E-state index in [9.17, 15) is 0 Å². The molecule has 1 saturated carbocycles. The van der Waals surface area contributed by atoms with Crippen LogP contribution >= 0.6 is 0 Å². The molecule has 0 N–H and O–H groups in total. The van der Waals surface area contributed by atoms with Gasteiger partial charge in [0.25, 0.3) is 0 Å². The molecule has 1 fully saturated rings. The van der Waals surface area contributed by atoms with Gasteiger partial charge in [0.15, 0.2) is 0 Å². The first-order valence-electron chi connectivity index (χ1n) is 24.9. The van der Waals surface area contributed by atoms with E-state index in [0.29, 0.717) is 5.92 Å². The maximum absolute atomic E-state index is 2.69. The predicted molar refractivity (Wildman–Crippen MR) is 276 cm³/mol. The van der Waals surface area contributed by atoms with Crippen LogP contribution in [0.2, 0.25) is 0 Å². The zero-order valence-electron chi connectivity index (χ0n) is 38.4. The summed E-state index contributed by atoms with van der Waals surface area (Å²) in [5.41, 5.74) is 27.1. The summed E-state index contributed by atoms with van der Waals surface area (Å²) in [5.74, 6) is 0.642. The van der Waals surface area contributed by atoms with Crippen molar-refractivity contribution in [3.63, 3.8) is 0 Å². The van der Waals surface area contributed by atoms with Crippen LogP contribution in [0.4, 0.5) is 17.1 Å². The summed E-state index contributed by atoms with van der Waals surface area (Å²) in [5, 5.41) is 0. The van der Waals surface area contributed by atoms with Gasteiger partial charge in [-0.05, 0) is 171 Å². The number of fused-ring (bicyclic) bond motifs is 8. The van der Waals surface area contributed by atoms with Crippen molar-refractivity contribution in [1.29, 1.82) is 0 Å². The Labute approximate surface area is 391 Å². The molecule has 0 heterocycles. The van der Waals surface area contributed by atoms with Gasteiger partial charge in [-0.15, -0.1) is 0 Å². The summed E-state index contributed by atoms with van der Waals surface area (Å²) in [6.07, 6.45) is 16.8. The van der Waals surface area contributed by atoms with Gasteiger partial charge in [0.1, 0.15) is 0 Å². The van der Waals surface area contributed by atoms with Crippen molar-refractivity contribution in [3.8, 4) is 33.4 Å². The Hall–Kier alpha value is -6.70. The molecule has 13 rings (SSSR count).